The van der Waals surface area contributed by atoms with E-state index in [4.69, 9.17) is 5.73 Å². The highest BCUT2D eigenvalue weighted by molar-refractivity contribution is 5.74. The fourth-order valence-corrected chi connectivity index (χ4v) is 1.38. The van der Waals surface area contributed by atoms with Crippen molar-refractivity contribution in [3.63, 3.8) is 0 Å². The van der Waals surface area contributed by atoms with Crippen molar-refractivity contribution in [2.24, 2.45) is 11.7 Å². The molecule has 58 valence electrons. The third-order valence-electron chi connectivity index (χ3n) is 1.89. The zero-order valence-corrected chi connectivity index (χ0v) is 6.10. The third-order valence-corrected chi connectivity index (χ3v) is 1.89. The fourth-order valence-electron chi connectivity index (χ4n) is 1.38. The lowest BCUT2D eigenvalue weighted by molar-refractivity contribution is -0.119. The normalized spacial score (nSPS) is 26.2. The van der Waals surface area contributed by atoms with Crippen LogP contribution in [0.25, 0.3) is 0 Å². The summed E-state index contributed by atoms with van der Waals surface area (Å²) in [7, 11) is 0. The Hall–Kier alpha value is -0.570. The van der Waals surface area contributed by atoms with Gasteiger partial charge in [-0.2, -0.15) is 0 Å². The van der Waals surface area contributed by atoms with E-state index in [1.54, 1.807) is 0 Å². The molecular formula is C7H14N2O. The lowest BCUT2D eigenvalue weighted by atomic mass is 9.96. The van der Waals surface area contributed by atoms with Gasteiger partial charge in [0.05, 0.1) is 0 Å². The van der Waals surface area contributed by atoms with Crippen LogP contribution in [0, 0.1) is 5.92 Å². The van der Waals surface area contributed by atoms with Crippen molar-refractivity contribution in [2.45, 2.75) is 19.3 Å². The number of hydrogen-bond acceptors (Lipinski definition) is 2. The van der Waals surface area contributed by atoms with E-state index in [-0.39, 0.29) is 5.91 Å². The number of nitrogens with one attached hydrogen (secondary N) is 1. The largest absolute Gasteiger partial charge is 0.370 e. The van der Waals surface area contributed by atoms with Crippen molar-refractivity contribution in [3.8, 4) is 0 Å². The van der Waals surface area contributed by atoms with Gasteiger partial charge < -0.3 is 11.1 Å². The molecule has 1 fully saturated rings. The summed E-state index contributed by atoms with van der Waals surface area (Å²) in [6.07, 6.45) is 2.88. The Morgan fingerprint density at radius 3 is 3.00 bits per heavy atom. The molecule has 1 rings (SSSR count). The van der Waals surface area contributed by atoms with Crippen LogP contribution in [0.2, 0.25) is 0 Å². The van der Waals surface area contributed by atoms with Crippen molar-refractivity contribution < 1.29 is 4.79 Å². The molecular weight excluding hydrogens is 128 g/mol. The van der Waals surface area contributed by atoms with E-state index in [0.717, 1.165) is 19.5 Å². The molecule has 0 aromatic heterocycles. The molecule has 0 radical (unpaired) electrons. The van der Waals surface area contributed by atoms with Gasteiger partial charge in [0.25, 0.3) is 0 Å². The van der Waals surface area contributed by atoms with Crippen molar-refractivity contribution >= 4 is 5.91 Å². The summed E-state index contributed by atoms with van der Waals surface area (Å²) in [4.78, 5) is 10.5. The van der Waals surface area contributed by atoms with E-state index in [1.165, 1.54) is 6.42 Å². The van der Waals surface area contributed by atoms with Crippen LogP contribution in [0.4, 0.5) is 0 Å². The lowest BCUT2D eigenvalue weighted by Crippen LogP contribution is -2.32. The third kappa shape index (κ3) is 2.35. The van der Waals surface area contributed by atoms with E-state index >= 15 is 0 Å². The molecule has 1 aliphatic heterocycles. The van der Waals surface area contributed by atoms with Crippen LogP contribution in [-0.4, -0.2) is 19.0 Å². The Morgan fingerprint density at radius 1 is 1.70 bits per heavy atom. The molecule has 0 unspecified atom stereocenters. The van der Waals surface area contributed by atoms with Gasteiger partial charge >= 0.3 is 0 Å². The number of piperidine rings is 1. The highest BCUT2D eigenvalue weighted by Crippen LogP contribution is 2.12. The first kappa shape index (κ1) is 7.54. The van der Waals surface area contributed by atoms with Gasteiger partial charge in [0.1, 0.15) is 0 Å². The van der Waals surface area contributed by atoms with Gasteiger partial charge in [0.15, 0.2) is 0 Å². The van der Waals surface area contributed by atoms with Crippen LogP contribution in [-0.2, 0) is 4.79 Å². The molecule has 0 aromatic rings. The minimum absolute atomic E-state index is 0.172. The van der Waals surface area contributed by atoms with Crippen LogP contribution < -0.4 is 11.1 Å². The molecule has 1 atom stereocenters. The molecule has 1 amide bonds. The number of hydrogen-bond donors (Lipinski definition) is 2. The molecule has 0 aromatic carbocycles. The summed E-state index contributed by atoms with van der Waals surface area (Å²) in [5, 5.41) is 3.23. The minimum Gasteiger partial charge on any atom is -0.370 e. The molecule has 1 aliphatic rings. The summed E-state index contributed by atoms with van der Waals surface area (Å²) in [6.45, 7) is 2.05. The van der Waals surface area contributed by atoms with Crippen molar-refractivity contribution in [2.75, 3.05) is 13.1 Å². The maximum atomic E-state index is 10.5. The highest BCUT2D eigenvalue weighted by Gasteiger charge is 2.14. The topological polar surface area (TPSA) is 55.1 Å². The van der Waals surface area contributed by atoms with Crippen LogP contribution in [0.15, 0.2) is 0 Å². The van der Waals surface area contributed by atoms with E-state index in [2.05, 4.69) is 5.32 Å². The number of rotatable bonds is 2. The quantitative estimate of drug-likeness (QED) is 0.564. The second kappa shape index (κ2) is 3.56. The first-order valence-corrected chi connectivity index (χ1v) is 3.78. The Kier molecular flexibility index (Phi) is 2.68. The van der Waals surface area contributed by atoms with E-state index in [9.17, 15) is 4.79 Å². The van der Waals surface area contributed by atoms with Crippen LogP contribution in [0.5, 0.6) is 0 Å². The van der Waals surface area contributed by atoms with Gasteiger partial charge in [-0.1, -0.05) is 0 Å². The molecule has 0 saturated carbocycles. The average molecular weight is 142 g/mol. The van der Waals surface area contributed by atoms with Crippen molar-refractivity contribution in [3.05, 3.63) is 0 Å². The summed E-state index contributed by atoms with van der Waals surface area (Å²) < 4.78 is 0. The summed E-state index contributed by atoms with van der Waals surface area (Å²) in [5.41, 5.74) is 5.06. The smallest absolute Gasteiger partial charge is 0.217 e. The van der Waals surface area contributed by atoms with Crippen LogP contribution >= 0.6 is 0 Å². The fraction of sp³-hybridized carbons (Fsp3) is 0.857. The molecule has 10 heavy (non-hydrogen) atoms. The van der Waals surface area contributed by atoms with Gasteiger partial charge in [-0.05, 0) is 31.8 Å². The van der Waals surface area contributed by atoms with Gasteiger partial charge in [-0.25, -0.2) is 0 Å². The first-order chi connectivity index (χ1) is 4.79. The maximum absolute atomic E-state index is 10.5. The predicted octanol–water partition coefficient (Wildman–Crippen LogP) is -0.139. The number of carbonyl (C=O) groups is 1. The Labute approximate surface area is 61.0 Å². The first-order valence-electron chi connectivity index (χ1n) is 3.78. The second-order valence-electron chi connectivity index (χ2n) is 2.88. The van der Waals surface area contributed by atoms with E-state index < -0.39 is 0 Å². The van der Waals surface area contributed by atoms with Crippen molar-refractivity contribution in [1.29, 1.82) is 0 Å². The summed E-state index contributed by atoms with van der Waals surface area (Å²) in [6, 6.07) is 0. The lowest BCUT2D eigenvalue weighted by Gasteiger charge is -2.20. The SMILES string of the molecule is NC(=O)C[C@H]1CCCNC1. The van der Waals surface area contributed by atoms with Gasteiger partial charge in [0.2, 0.25) is 5.91 Å². The van der Waals surface area contributed by atoms with E-state index in [1.807, 2.05) is 0 Å². The Morgan fingerprint density at radius 2 is 2.50 bits per heavy atom. The monoisotopic (exact) mass is 142 g/mol. The van der Waals surface area contributed by atoms with Gasteiger partial charge in [0, 0.05) is 6.42 Å². The maximum Gasteiger partial charge on any atom is 0.217 e. The minimum atomic E-state index is -0.172. The number of nitrogens with two attached hydrogens (primary N) is 1. The van der Waals surface area contributed by atoms with E-state index in [0.29, 0.717) is 12.3 Å². The standard InChI is InChI=1S/C7H14N2O/c8-7(10)4-6-2-1-3-9-5-6/h6,9H,1-5H2,(H2,8,10)/t6-/m1/s1. The number of carbonyl (C=O) groups excluding carboxylic acids is 1. The van der Waals surface area contributed by atoms with Gasteiger partial charge in [-0.15, -0.1) is 0 Å². The van der Waals surface area contributed by atoms with Crippen molar-refractivity contribution in [1.82, 2.24) is 5.32 Å². The second-order valence-corrected chi connectivity index (χ2v) is 2.88. The Bertz CT molecular complexity index is 119. The highest BCUT2D eigenvalue weighted by atomic mass is 16.1. The molecule has 3 heteroatoms. The number of primary amides is 1. The Balaban J connectivity index is 2.19. The molecule has 1 saturated heterocycles. The molecule has 0 spiro atoms. The molecule has 0 aliphatic carbocycles. The zero-order valence-electron chi connectivity index (χ0n) is 6.10. The predicted molar refractivity (Wildman–Crippen MR) is 39.4 cm³/mol. The van der Waals surface area contributed by atoms with Crippen LogP contribution in [0.1, 0.15) is 19.3 Å². The average Bonchev–Trinajstić information content (AvgIpc) is 1.88. The molecule has 1 heterocycles. The number of amides is 1. The summed E-state index contributed by atoms with van der Waals surface area (Å²) >= 11 is 0. The van der Waals surface area contributed by atoms with Crippen LogP contribution in [0.3, 0.4) is 0 Å². The molecule has 3 N–H and O–H groups in total. The summed E-state index contributed by atoms with van der Waals surface area (Å²) in [5.74, 6) is 0.319. The van der Waals surface area contributed by atoms with Gasteiger partial charge in [-0.3, -0.25) is 4.79 Å². The molecule has 0 bridgehead atoms. The molecule has 3 nitrogen and oxygen atoms in total. The zero-order chi connectivity index (χ0) is 7.40.